The number of aromatic nitrogens is 2. The van der Waals surface area contributed by atoms with Crippen molar-refractivity contribution < 1.29 is 46.8 Å². The van der Waals surface area contributed by atoms with Crippen LogP contribution in [-0.2, 0) is 25.1 Å². The summed E-state index contributed by atoms with van der Waals surface area (Å²) in [6.07, 6.45) is 6.77. The van der Waals surface area contributed by atoms with Crippen LogP contribution in [0.15, 0.2) is 36.7 Å². The summed E-state index contributed by atoms with van der Waals surface area (Å²) in [5, 5.41) is 4.69. The van der Waals surface area contributed by atoms with Gasteiger partial charge in [0.25, 0.3) is 0 Å². The minimum atomic E-state index is -4.52. The van der Waals surface area contributed by atoms with Crippen molar-refractivity contribution in [2.75, 3.05) is 13.7 Å². The molecule has 4 fully saturated rings. The predicted molar refractivity (Wildman–Crippen MR) is 202 cm³/mol. The molecule has 17 heteroatoms. The van der Waals surface area contributed by atoms with E-state index in [1.54, 1.807) is 12.1 Å². The maximum Gasteiger partial charge on any atom is 0.408 e. The first-order valence-electron chi connectivity index (χ1n) is 19.4. The average molecular weight is 818 g/mol. The van der Waals surface area contributed by atoms with Crippen molar-refractivity contribution in [2.45, 2.75) is 119 Å². The smallest absolute Gasteiger partial charge is 0.408 e. The van der Waals surface area contributed by atoms with Gasteiger partial charge >= 0.3 is 6.09 Å². The molecule has 0 spiro atoms. The van der Waals surface area contributed by atoms with Gasteiger partial charge < -0.3 is 34.6 Å². The fourth-order valence-corrected chi connectivity index (χ4v) is 11.4. The van der Waals surface area contributed by atoms with Gasteiger partial charge in [0.2, 0.25) is 25.1 Å². The molecular formula is C39H47ClF2N5O8P. The molecule has 3 N–H and O–H groups in total. The van der Waals surface area contributed by atoms with E-state index in [9.17, 15) is 32.6 Å². The number of ether oxygens (including phenoxy) is 3. The number of carbonyl (C=O) groups is 3. The quantitative estimate of drug-likeness (QED) is 0.201. The number of carbonyl (C=O) groups excluding carboxylic acids is 3. The fourth-order valence-electron chi connectivity index (χ4n) is 8.56. The summed E-state index contributed by atoms with van der Waals surface area (Å²) in [4.78, 5) is 63.9. The Morgan fingerprint density at radius 1 is 1.02 bits per heavy atom. The molecule has 0 radical (unpaired) electrons. The van der Waals surface area contributed by atoms with Crippen molar-refractivity contribution in [3.8, 4) is 11.6 Å². The molecule has 2 saturated heterocycles. The zero-order chi connectivity index (χ0) is 39.6. The van der Waals surface area contributed by atoms with Crippen LogP contribution >= 0.6 is 19.0 Å². The number of alkyl carbamates (subject to hydrolysis) is 1. The molecule has 3 heterocycles. The highest BCUT2D eigenvalue weighted by atomic mass is 35.5. The first kappa shape index (κ1) is 40.1. The number of hydrogen-bond donors (Lipinski definition) is 3. The molecule has 2 saturated carbocycles. The summed E-state index contributed by atoms with van der Waals surface area (Å²) >= 11 is 6.54. The predicted octanol–water partition coefficient (Wildman–Crippen LogP) is 7.00. The van der Waals surface area contributed by atoms with Gasteiger partial charge in [-0.3, -0.25) is 14.2 Å². The number of halogens is 3. The van der Waals surface area contributed by atoms with E-state index in [1.807, 2.05) is 0 Å². The number of methoxy groups -OCH3 is 1. The molecule has 1 aromatic heterocycles. The molecule has 2 aliphatic carbocycles. The Morgan fingerprint density at radius 3 is 2.45 bits per heavy atom. The van der Waals surface area contributed by atoms with Crippen LogP contribution in [-0.4, -0.2) is 80.9 Å². The SMILES string of the molecule is COc1ccc2c(OC3C[C@H]4C(=O)N[C@]5(P(=O)(O)Cc6c(F)cccc6F)C[C@@H]5CCCCCCC[C@H](NC(=O)OC5CCCC5)C(=O)N4C3)ncnc2c1Cl. The van der Waals surface area contributed by atoms with Crippen molar-refractivity contribution >= 4 is 47.8 Å². The monoisotopic (exact) mass is 817 g/mol. The summed E-state index contributed by atoms with van der Waals surface area (Å²) in [7, 11) is -3.04. The Morgan fingerprint density at radius 2 is 1.71 bits per heavy atom. The van der Waals surface area contributed by atoms with E-state index >= 15 is 0 Å². The van der Waals surface area contributed by atoms with Crippen molar-refractivity contribution in [3.63, 3.8) is 0 Å². The first-order chi connectivity index (χ1) is 26.9. The summed E-state index contributed by atoms with van der Waals surface area (Å²) in [6, 6.07) is 4.33. The van der Waals surface area contributed by atoms with Gasteiger partial charge in [-0.15, -0.1) is 0 Å². The van der Waals surface area contributed by atoms with Gasteiger partial charge in [0.05, 0.1) is 30.7 Å². The zero-order valence-electron chi connectivity index (χ0n) is 31.2. The second-order valence-corrected chi connectivity index (χ2v) is 18.3. The van der Waals surface area contributed by atoms with Gasteiger partial charge in [0.15, 0.2) is 0 Å². The molecule has 6 atom stereocenters. The standard InChI is InChI=1S/C39H47ClF2N5O8P/c1-53-32-17-16-26-34(33(32)40)43-22-44-36(26)54-25-18-31-35(48)46-39(56(51,52)21-27-28(41)13-9-14-29(27)42)19-23(39)10-5-3-2-4-6-15-30(37(49)47(31)20-25)45-38(50)55-24-11-7-8-12-24/h9,13-14,16-17,22-25,30-31H,2-8,10-12,15,18-21H2,1H3,(H,45,50)(H,46,48)(H,51,52)/t23-,25?,30-,31-,39-/m0/s1. The Bertz CT molecular complexity index is 2000. The average Bonchev–Trinajstić information content (AvgIpc) is 3.44. The highest BCUT2D eigenvalue weighted by Gasteiger charge is 2.66. The van der Waals surface area contributed by atoms with Crippen molar-refractivity contribution in [1.29, 1.82) is 0 Å². The van der Waals surface area contributed by atoms with Crippen LogP contribution < -0.4 is 20.1 Å². The summed E-state index contributed by atoms with van der Waals surface area (Å²) in [6.45, 7) is -0.0875. The van der Waals surface area contributed by atoms with Crippen LogP contribution in [0.2, 0.25) is 5.02 Å². The maximum atomic E-state index is 14.8. The van der Waals surface area contributed by atoms with E-state index in [0.29, 0.717) is 42.3 Å². The number of amides is 3. The maximum absolute atomic E-state index is 14.8. The van der Waals surface area contributed by atoms with Gasteiger partial charge in [-0.2, -0.15) is 0 Å². The van der Waals surface area contributed by atoms with Gasteiger partial charge in [-0.1, -0.05) is 49.8 Å². The van der Waals surface area contributed by atoms with Crippen LogP contribution in [0.1, 0.15) is 89.0 Å². The molecule has 4 aliphatic rings. The van der Waals surface area contributed by atoms with Gasteiger partial charge in [-0.05, 0) is 75.1 Å². The number of benzene rings is 2. The van der Waals surface area contributed by atoms with Crippen LogP contribution in [0.3, 0.4) is 0 Å². The Labute approximate surface area is 328 Å². The second-order valence-electron chi connectivity index (χ2n) is 15.4. The number of rotatable bonds is 8. The third kappa shape index (κ3) is 8.31. The number of hydrogen-bond acceptors (Lipinski definition) is 9. The number of nitrogens with one attached hydrogen (secondary N) is 2. The topological polar surface area (TPSA) is 169 Å². The highest BCUT2D eigenvalue weighted by molar-refractivity contribution is 7.59. The normalized spacial score (nSPS) is 27.3. The third-order valence-corrected chi connectivity index (χ3v) is 14.7. The van der Waals surface area contributed by atoms with Gasteiger partial charge in [0, 0.05) is 12.0 Å². The van der Waals surface area contributed by atoms with Gasteiger partial charge in [0.1, 0.15) is 58.3 Å². The van der Waals surface area contributed by atoms with Crippen LogP contribution in [0.4, 0.5) is 13.6 Å². The molecule has 13 nitrogen and oxygen atoms in total. The van der Waals surface area contributed by atoms with Crippen molar-refractivity contribution in [1.82, 2.24) is 25.5 Å². The van der Waals surface area contributed by atoms with Crippen LogP contribution in [0.25, 0.3) is 10.9 Å². The van der Waals surface area contributed by atoms with E-state index in [1.165, 1.54) is 24.4 Å². The Hall–Kier alpha value is -4.07. The lowest BCUT2D eigenvalue weighted by Gasteiger charge is -2.31. The van der Waals surface area contributed by atoms with Crippen LogP contribution in [0.5, 0.6) is 11.6 Å². The fraction of sp³-hybridized carbons (Fsp3) is 0.564. The highest BCUT2D eigenvalue weighted by Crippen LogP contribution is 2.71. The van der Waals surface area contributed by atoms with Crippen molar-refractivity contribution in [2.24, 2.45) is 5.92 Å². The molecule has 2 unspecified atom stereocenters. The molecule has 3 amide bonds. The van der Waals surface area contributed by atoms with E-state index in [0.717, 1.165) is 57.1 Å². The molecule has 302 valence electrons. The number of nitrogens with zero attached hydrogens (tertiary/aromatic N) is 3. The molecule has 2 aromatic carbocycles. The van der Waals surface area contributed by atoms with Crippen LogP contribution in [0, 0.1) is 17.6 Å². The van der Waals surface area contributed by atoms with E-state index in [-0.39, 0.29) is 36.4 Å². The Balaban J connectivity index is 1.20. The summed E-state index contributed by atoms with van der Waals surface area (Å²) in [5.41, 5.74) is -0.155. The molecule has 3 aromatic rings. The molecule has 56 heavy (non-hydrogen) atoms. The Kier molecular flexibility index (Phi) is 12.0. The third-order valence-electron chi connectivity index (χ3n) is 11.7. The second kappa shape index (κ2) is 16.8. The summed E-state index contributed by atoms with van der Waals surface area (Å²) < 4.78 is 61.3. The molecule has 0 bridgehead atoms. The lowest BCUT2D eigenvalue weighted by atomic mass is 10.0. The largest absolute Gasteiger partial charge is 0.495 e. The van der Waals surface area contributed by atoms with Crippen molar-refractivity contribution in [3.05, 3.63) is 58.9 Å². The van der Waals surface area contributed by atoms with E-state index in [4.69, 9.17) is 25.8 Å². The minimum absolute atomic E-state index is 0.0371. The zero-order valence-corrected chi connectivity index (χ0v) is 32.8. The lowest BCUT2D eigenvalue weighted by molar-refractivity contribution is -0.140. The van der Waals surface area contributed by atoms with Gasteiger partial charge in [-0.25, -0.2) is 23.5 Å². The van der Waals surface area contributed by atoms with E-state index in [2.05, 4.69) is 20.6 Å². The number of fused-ring (bicyclic) bond motifs is 3. The van der Waals surface area contributed by atoms with E-state index < -0.39 is 78.0 Å². The molecule has 2 aliphatic heterocycles. The first-order valence-corrected chi connectivity index (χ1v) is 21.6. The lowest BCUT2D eigenvalue weighted by Crippen LogP contribution is -2.55. The molecule has 7 rings (SSSR count). The minimum Gasteiger partial charge on any atom is -0.495 e. The molecular weight excluding hydrogens is 771 g/mol. The summed E-state index contributed by atoms with van der Waals surface area (Å²) in [5.74, 6) is -3.02.